The topological polar surface area (TPSA) is 435 Å². The normalized spacial score (nSPS) is 19.1. The number of para-hydroxylation sites is 9. The maximum absolute atomic E-state index is 13.1. The van der Waals surface area contributed by atoms with E-state index >= 15 is 0 Å². The van der Waals surface area contributed by atoms with Crippen molar-refractivity contribution in [2.75, 3.05) is 180 Å². The van der Waals surface area contributed by atoms with Gasteiger partial charge in [0, 0.05) is 181 Å². The van der Waals surface area contributed by atoms with Gasteiger partial charge in [-0.1, -0.05) is 66.7 Å². The first-order valence-electron chi connectivity index (χ1n) is 48.0. The van der Waals surface area contributed by atoms with Gasteiger partial charge in [0.05, 0.1) is 156 Å². The Morgan fingerprint density at radius 3 is 0.958 bits per heavy atom. The molecule has 1 N–H and O–H groups in total. The third kappa shape index (κ3) is 24.1. The summed E-state index contributed by atoms with van der Waals surface area (Å²) in [4.78, 5) is 76.8. The number of aromatic nitrogens is 19. The molecule has 760 valence electrons. The quantitative estimate of drug-likeness (QED) is 0.0833. The Bertz CT molecular complexity index is 7980. The van der Waals surface area contributed by atoms with Crippen LogP contribution in [0.25, 0.3) is 84.8 Å². The highest BCUT2D eigenvalue weighted by atomic mass is 32.2. The molecule has 0 amide bonds. The van der Waals surface area contributed by atoms with Gasteiger partial charge in [0.1, 0.15) is 59.0 Å². The van der Waals surface area contributed by atoms with Crippen molar-refractivity contribution in [1.29, 1.82) is 0 Å². The Kier molecular flexibility index (Phi) is 30.0. The third-order valence-corrected chi connectivity index (χ3v) is 29.6. The van der Waals surface area contributed by atoms with Crippen LogP contribution in [0.5, 0.6) is 0 Å². The number of imidazole rings is 4. The molecule has 7 aliphatic rings. The van der Waals surface area contributed by atoms with Crippen LogP contribution in [0.2, 0.25) is 0 Å². The van der Waals surface area contributed by atoms with E-state index in [0.29, 0.717) is 149 Å². The molecule has 0 unspecified atom stereocenters. The number of aryl methyl sites for hydroxylation is 2. The van der Waals surface area contributed by atoms with Crippen LogP contribution in [0.3, 0.4) is 0 Å². The molecule has 7 fully saturated rings. The van der Waals surface area contributed by atoms with Crippen molar-refractivity contribution < 1.29 is 49.8 Å². The minimum Gasteiger partial charge on any atom is -0.388 e. The largest absolute Gasteiger partial charge is 0.388 e. The lowest BCUT2D eigenvalue weighted by molar-refractivity contribution is 0.0985. The zero-order valence-electron chi connectivity index (χ0n) is 83.8. The number of rotatable bonds is 18. The number of morpholine rings is 5. The van der Waals surface area contributed by atoms with Gasteiger partial charge < -0.3 is 53.3 Å². The molecule has 5 aromatic carbocycles. The van der Waals surface area contributed by atoms with Crippen molar-refractivity contribution in [1.82, 2.24) is 92.6 Å². The molecule has 5 saturated heterocycles. The minimum atomic E-state index is -2.41. The van der Waals surface area contributed by atoms with Crippen molar-refractivity contribution >= 4 is 162 Å². The van der Waals surface area contributed by atoms with Crippen LogP contribution in [0.15, 0.2) is 186 Å². The summed E-state index contributed by atoms with van der Waals surface area (Å²) in [7, 11) is -11.8. The van der Waals surface area contributed by atoms with Crippen LogP contribution < -0.4 is 24.5 Å². The lowest BCUT2D eigenvalue weighted by atomic mass is 10.2. The lowest BCUT2D eigenvalue weighted by Crippen LogP contribution is -2.44. The van der Waals surface area contributed by atoms with Crippen LogP contribution in [-0.4, -0.2) is 309 Å². The number of fused-ring (bicyclic) bond motifs is 5. The predicted octanol–water partition coefficient (Wildman–Crippen LogP) is 14.1. The zero-order chi connectivity index (χ0) is 101. The molecule has 15 heterocycles. The molecule has 144 heavy (non-hydrogen) atoms. The summed E-state index contributed by atoms with van der Waals surface area (Å²) >= 11 is 0. The molecule has 2 aliphatic carbocycles. The number of hydrogen-bond donors (Lipinski definition) is 1. The first-order chi connectivity index (χ1) is 68.9. The third-order valence-electron chi connectivity index (χ3n) is 24.8. The molecular formula is C99H123N29O11S5. The number of ether oxygens (including phenoxy) is 5. The summed E-state index contributed by atoms with van der Waals surface area (Å²) in [5.74, 6) is 11.6. The molecule has 45 heteroatoms. The molecule has 2 saturated carbocycles. The Hall–Kier alpha value is -12.6. The van der Waals surface area contributed by atoms with Crippen LogP contribution in [0.4, 0.5) is 58.2 Å². The van der Waals surface area contributed by atoms with Crippen molar-refractivity contribution in [3.05, 3.63) is 187 Å². The van der Waals surface area contributed by atoms with Crippen molar-refractivity contribution in [3.8, 4) is 29.7 Å². The van der Waals surface area contributed by atoms with E-state index in [9.17, 15) is 26.2 Å². The maximum atomic E-state index is 13.1. The molecule has 40 nitrogen and oxygen atoms in total. The average Bonchev–Trinajstić information content (AvgIpc) is 1.60. The van der Waals surface area contributed by atoms with Gasteiger partial charge in [-0.15, -0.1) is 0 Å². The first-order valence-corrected chi connectivity index (χ1v) is 59.3. The van der Waals surface area contributed by atoms with E-state index < -0.39 is 48.6 Å². The Labute approximate surface area is 839 Å². The molecule has 0 spiro atoms. The second-order valence-corrected chi connectivity index (χ2v) is 50.8. The number of nitrogens with zero attached hydrogens (tertiary/aromatic N) is 29. The van der Waals surface area contributed by atoms with Crippen LogP contribution in [0, 0.1) is 13.8 Å². The molecule has 0 radical (unpaired) electrons. The van der Waals surface area contributed by atoms with Crippen molar-refractivity contribution in [3.63, 3.8) is 0 Å². The van der Waals surface area contributed by atoms with E-state index in [1.165, 1.54) is 0 Å². The molecule has 22 rings (SSSR count). The summed E-state index contributed by atoms with van der Waals surface area (Å²) in [6.45, 7) is 24.1. The fourth-order valence-corrected chi connectivity index (χ4v) is 21.7. The van der Waals surface area contributed by atoms with Crippen LogP contribution in [-0.2, 0) is 78.9 Å². The van der Waals surface area contributed by atoms with Gasteiger partial charge in [-0.3, -0.25) is 22.8 Å². The number of benzene rings is 5. The predicted molar refractivity (Wildman–Crippen MR) is 569 cm³/mol. The Balaban J connectivity index is 0.000000118. The summed E-state index contributed by atoms with van der Waals surface area (Å²) in [5, 5.41) is 11.1. The summed E-state index contributed by atoms with van der Waals surface area (Å²) < 4.78 is 122. The van der Waals surface area contributed by atoms with Crippen molar-refractivity contribution in [2.24, 2.45) is 21.8 Å². The van der Waals surface area contributed by atoms with E-state index in [4.69, 9.17) is 63.6 Å². The molecular weight excluding hydrogens is 1930 g/mol. The Morgan fingerprint density at radius 2 is 0.618 bits per heavy atom. The number of aliphatic hydroxyl groups excluding tert-OH is 1. The van der Waals surface area contributed by atoms with Crippen LogP contribution >= 0.6 is 0 Å². The number of anilines is 5. The van der Waals surface area contributed by atoms with E-state index in [1.54, 1.807) is 73.0 Å². The standard InChI is InChI=1S/2C21H26N6O2S.C19H24N6O3S.C19H24N6O2S.C19H23N5O2S/c1-14-13-29-11-10-26(14)19-12-18(25-30(2,3)28)23-21(24-19)27-17-7-5-4-6-16(17)22-20(27)15-8-9-15;1-14-13-29-11-10-26(14)20-12-19(25-30(3,28)16-8-9-16)23-21(24-20)27-15(2)22-17-6-4-5-7-18(17)27;1-13-12-28-9-8-24(13)17-10-16(23-29(2,3)27)21-19(22-17)25-15-7-5-4-6-14(15)20-18(25)11-26;1-13-12-27-10-9-24(13)18-11-17(23-28(3,4)26)21-19(22-18)25-14(2)20-15-7-5-6-8-16(15)25;1-14-13-26-11-10-23(14)18-12-17(22-27(2,3)25)20-19(21-18)24-9-8-15-6-4-5-7-16(15)24/h4-7,12,14-15H,8-11,13H2,1-3H3;4-7,12,14,16H,8-11,13H2,1-3H3;4-7,10,13,26H,8-9,11-12H2,1-3H3;5-8,11,13H,9-10,12H2,1-4H3;4-9,12,14H,10-11,13H2,1-3H3/t14-;14-,30+;2*13-;14-/m11111/s1. The van der Waals surface area contributed by atoms with E-state index in [0.717, 1.165) is 148 Å². The fourth-order valence-electron chi connectivity index (χ4n) is 17.9. The van der Waals surface area contributed by atoms with E-state index in [2.05, 4.69) is 117 Å². The highest BCUT2D eigenvalue weighted by Crippen LogP contribution is 2.43. The van der Waals surface area contributed by atoms with Gasteiger partial charge in [0.25, 0.3) is 0 Å². The maximum Gasteiger partial charge on any atom is 0.239 e. The van der Waals surface area contributed by atoms with Gasteiger partial charge in [-0.05, 0) is 135 Å². The zero-order valence-corrected chi connectivity index (χ0v) is 87.9. The second kappa shape index (κ2) is 42.6. The molecule has 6 atom stereocenters. The first kappa shape index (κ1) is 101. The molecule has 10 aromatic heterocycles. The van der Waals surface area contributed by atoms with E-state index in [1.807, 2.05) is 178 Å². The van der Waals surface area contributed by atoms with Gasteiger partial charge in [0.15, 0.2) is 29.1 Å². The average molecular weight is 2060 g/mol. The van der Waals surface area contributed by atoms with E-state index in [-0.39, 0.29) is 42.1 Å². The van der Waals surface area contributed by atoms with Gasteiger partial charge in [-0.25, -0.2) is 41.0 Å². The van der Waals surface area contributed by atoms with Crippen molar-refractivity contribution in [2.45, 2.75) is 122 Å². The van der Waals surface area contributed by atoms with Crippen LogP contribution in [0.1, 0.15) is 89.5 Å². The SMILES string of the molecule is C[C@@H]1COCCN1c1cc(N=S(C)(C)=O)nc(-n2c(C3CC3)nc3ccccc32)n1.C[C@@H]1COCCN1c1cc(N=S(C)(C)=O)nc(-n2c(CO)nc3ccccc32)n1.C[C@@H]1COCCN1c1cc(N=S(C)(C)=O)nc(-n2ccc3ccccc32)n1.Cc1nc2ccccc2n1-c1nc(N=S(C)(C)=O)cc(N2CCOC[C@H]2C)n1.Cc1nc2ccccc2n1-c1nc(N=[S@@](C)(=O)C2CC2)cc(N2CCOC[C@H]2C)n1. The number of aliphatic hydroxyl groups is 1. The Morgan fingerprint density at radius 1 is 0.326 bits per heavy atom. The van der Waals surface area contributed by atoms with Gasteiger partial charge in [0.2, 0.25) is 29.7 Å². The summed E-state index contributed by atoms with van der Waals surface area (Å²) in [6.07, 6.45) is 20.7. The molecule has 15 aromatic rings. The lowest BCUT2D eigenvalue weighted by Gasteiger charge is -2.34. The molecule has 0 bridgehead atoms. The minimum absolute atomic E-state index is 0.129. The summed E-state index contributed by atoms with van der Waals surface area (Å²) in [5.41, 5.74) is 8.07. The highest BCUT2D eigenvalue weighted by Gasteiger charge is 2.36. The fraction of sp³-hybridized carbons (Fsp3) is 0.434. The number of hydrogen-bond acceptors (Lipinski definition) is 35. The van der Waals surface area contributed by atoms with Gasteiger partial charge in [-0.2, -0.15) is 71.7 Å². The summed E-state index contributed by atoms with van der Waals surface area (Å²) in [6, 6.07) is 51.4. The second-order valence-electron chi connectivity index (χ2n) is 38.0. The molecule has 5 aliphatic heterocycles. The smallest absolute Gasteiger partial charge is 0.239 e. The monoisotopic (exact) mass is 2050 g/mol. The highest BCUT2D eigenvalue weighted by molar-refractivity contribution is 7.94. The van der Waals surface area contributed by atoms with Gasteiger partial charge >= 0.3 is 0 Å².